The van der Waals surface area contributed by atoms with Gasteiger partial charge in [-0.15, -0.1) is 0 Å². The van der Waals surface area contributed by atoms with Gasteiger partial charge in [0.2, 0.25) is 5.95 Å². The number of anilines is 3. The van der Waals surface area contributed by atoms with E-state index in [2.05, 4.69) is 25.2 Å². The molecule has 3 N–H and O–H groups in total. The molecule has 12 nitrogen and oxygen atoms in total. The van der Waals surface area contributed by atoms with Crippen LogP contribution >= 0.6 is 0 Å². The summed E-state index contributed by atoms with van der Waals surface area (Å²) in [5.74, 6) is -3.65. The van der Waals surface area contributed by atoms with Crippen LogP contribution in [0.2, 0.25) is 0 Å². The van der Waals surface area contributed by atoms with Crippen molar-refractivity contribution in [2.45, 2.75) is 37.6 Å². The maximum Gasteiger partial charge on any atom is 0.301 e. The molecule has 0 aliphatic carbocycles. The molecule has 2 unspecified atom stereocenters. The van der Waals surface area contributed by atoms with Crippen molar-refractivity contribution in [3.63, 3.8) is 0 Å². The number of rotatable bonds is 8. The Morgan fingerprint density at radius 2 is 2.05 bits per heavy atom. The lowest BCUT2D eigenvalue weighted by Crippen LogP contribution is -2.56. The molecule has 1 aromatic heterocycles. The van der Waals surface area contributed by atoms with Crippen LogP contribution in [-0.2, 0) is 9.53 Å². The zero-order valence-electron chi connectivity index (χ0n) is 23.4. The van der Waals surface area contributed by atoms with Gasteiger partial charge in [0.1, 0.15) is 24.3 Å². The van der Waals surface area contributed by atoms with Crippen LogP contribution in [0.1, 0.15) is 18.9 Å². The van der Waals surface area contributed by atoms with Gasteiger partial charge in [-0.3, -0.25) is 4.79 Å². The van der Waals surface area contributed by atoms with E-state index in [0.29, 0.717) is 18.7 Å². The number of aliphatic hydroxyl groups is 2. The van der Waals surface area contributed by atoms with E-state index in [1.165, 1.54) is 25.4 Å². The highest BCUT2D eigenvalue weighted by Crippen LogP contribution is 2.34. The van der Waals surface area contributed by atoms with E-state index >= 15 is 0 Å². The predicted octanol–water partition coefficient (Wildman–Crippen LogP) is 2.35. The molecular formula is C29H31F2N7O5. The molecule has 2 aliphatic rings. The Kier molecular flexibility index (Phi) is 8.95. The van der Waals surface area contributed by atoms with Gasteiger partial charge in [-0.05, 0) is 49.4 Å². The number of ether oxygens (including phenoxy) is 2. The number of aliphatic hydroxyl groups excluding tert-OH is 2. The van der Waals surface area contributed by atoms with Gasteiger partial charge in [0.15, 0.2) is 11.9 Å². The summed E-state index contributed by atoms with van der Waals surface area (Å²) in [6.45, 7) is 2.16. The maximum atomic E-state index is 14.8. The van der Waals surface area contributed by atoms with Crippen LogP contribution in [0.4, 0.5) is 26.1 Å². The Morgan fingerprint density at radius 1 is 1.26 bits per heavy atom. The first kappa shape index (κ1) is 30.0. The van der Waals surface area contributed by atoms with Crippen LogP contribution in [0.3, 0.4) is 0 Å². The molecule has 2 aromatic carbocycles. The minimum Gasteiger partial charge on any atom is -0.483 e. The van der Waals surface area contributed by atoms with Gasteiger partial charge in [-0.2, -0.15) is 10.2 Å². The Bertz CT molecular complexity index is 1480. The van der Waals surface area contributed by atoms with Crippen molar-refractivity contribution in [2.75, 3.05) is 49.6 Å². The fraction of sp³-hybridized carbons (Fsp3) is 0.414. The van der Waals surface area contributed by atoms with E-state index in [9.17, 15) is 29.1 Å². The number of likely N-dealkylation sites (tertiary alicyclic amines) is 1. The van der Waals surface area contributed by atoms with Gasteiger partial charge < -0.3 is 34.8 Å². The quantitative estimate of drug-likeness (QED) is 0.351. The predicted molar refractivity (Wildman–Crippen MR) is 151 cm³/mol. The zero-order chi connectivity index (χ0) is 30.6. The van der Waals surface area contributed by atoms with Gasteiger partial charge in [0.05, 0.1) is 31.4 Å². The van der Waals surface area contributed by atoms with Gasteiger partial charge in [-0.1, -0.05) is 0 Å². The second kappa shape index (κ2) is 12.8. The number of alkyl halides is 2. The summed E-state index contributed by atoms with van der Waals surface area (Å²) in [6, 6.07) is 14.1. The molecule has 2 saturated heterocycles. The summed E-state index contributed by atoms with van der Waals surface area (Å²) < 4.78 is 40.8. The molecule has 43 heavy (non-hydrogen) atoms. The lowest BCUT2D eigenvalue weighted by Gasteiger charge is -2.38. The molecule has 2 aliphatic heterocycles. The lowest BCUT2D eigenvalue weighted by atomic mass is 10.0. The second-order valence-electron chi connectivity index (χ2n) is 10.3. The molecule has 226 valence electrons. The molecule has 14 heteroatoms. The number of amides is 1. The summed E-state index contributed by atoms with van der Waals surface area (Å²) in [5, 5.41) is 31.7. The zero-order valence-corrected chi connectivity index (χ0v) is 23.4. The first-order chi connectivity index (χ1) is 20.7. The van der Waals surface area contributed by atoms with Crippen LogP contribution in [0.5, 0.6) is 5.75 Å². The molecule has 1 amide bonds. The molecule has 5 rings (SSSR count). The first-order valence-corrected chi connectivity index (χ1v) is 13.8. The molecule has 3 aromatic rings. The first-order valence-electron chi connectivity index (χ1n) is 13.8. The highest BCUT2D eigenvalue weighted by atomic mass is 19.3. The molecule has 3 heterocycles. The molecule has 0 saturated carbocycles. The number of hydrogen-bond acceptors (Lipinski definition) is 11. The monoisotopic (exact) mass is 595 g/mol. The number of piperidine rings is 1. The highest BCUT2D eigenvalue weighted by molar-refractivity contribution is 5.80. The highest BCUT2D eigenvalue weighted by Gasteiger charge is 2.48. The number of nitriles is 1. The number of carbonyl (C=O) groups excluding carboxylic acids is 1. The number of benzene rings is 2. The second-order valence-corrected chi connectivity index (χ2v) is 10.3. The summed E-state index contributed by atoms with van der Waals surface area (Å²) in [6.07, 6.45) is -2.00. The number of nitrogens with zero attached hydrogens (tertiary/aromatic N) is 6. The lowest BCUT2D eigenvalue weighted by molar-refractivity contribution is -0.165. The van der Waals surface area contributed by atoms with Gasteiger partial charge >= 0.3 is 5.92 Å². The van der Waals surface area contributed by atoms with Crippen molar-refractivity contribution < 1.29 is 33.3 Å². The normalized spacial score (nSPS) is 20.7. The Hall–Kier alpha value is -4.45. The van der Waals surface area contributed by atoms with E-state index in [4.69, 9.17) is 9.47 Å². The van der Waals surface area contributed by atoms with Crippen LogP contribution in [0.25, 0.3) is 11.4 Å². The smallest absolute Gasteiger partial charge is 0.301 e. The van der Waals surface area contributed by atoms with E-state index in [1.807, 2.05) is 30.3 Å². The van der Waals surface area contributed by atoms with Gasteiger partial charge in [0.25, 0.3) is 5.91 Å². The van der Waals surface area contributed by atoms with E-state index in [1.54, 1.807) is 6.07 Å². The van der Waals surface area contributed by atoms with Crippen molar-refractivity contribution in [2.24, 2.45) is 0 Å². The van der Waals surface area contributed by atoms with Gasteiger partial charge in [0, 0.05) is 43.0 Å². The Labute approximate surface area is 246 Å². The van der Waals surface area contributed by atoms with Crippen molar-refractivity contribution in [3.8, 4) is 23.2 Å². The van der Waals surface area contributed by atoms with Gasteiger partial charge in [-0.25, -0.2) is 18.7 Å². The van der Waals surface area contributed by atoms with Crippen LogP contribution < -0.4 is 15.0 Å². The van der Waals surface area contributed by atoms with Crippen LogP contribution in [0, 0.1) is 11.3 Å². The third kappa shape index (κ3) is 6.96. The average molecular weight is 596 g/mol. The molecule has 0 bridgehead atoms. The molecule has 2 fully saturated rings. The number of morpholine rings is 1. The minimum absolute atomic E-state index is 0.00921. The largest absolute Gasteiger partial charge is 0.483 e. The molecule has 3 atom stereocenters. The number of carbonyl (C=O) groups is 1. The van der Waals surface area contributed by atoms with E-state index in [0.717, 1.165) is 22.8 Å². The number of hydrogen-bond donors (Lipinski definition) is 3. The van der Waals surface area contributed by atoms with Crippen molar-refractivity contribution >= 4 is 23.2 Å². The molecule has 0 radical (unpaired) electrons. The number of nitrogens with one attached hydrogen (secondary N) is 1. The number of halogens is 2. The number of aromatic nitrogens is 3. The Morgan fingerprint density at radius 3 is 2.74 bits per heavy atom. The Balaban J connectivity index is 1.26. The summed E-state index contributed by atoms with van der Waals surface area (Å²) >= 11 is 0. The standard InChI is InChI=1S/C29H31F2N7O5/c1-18(40)27(41)38-9-8-25(29(30,31)16-38)43-24-7-2-19(12-20(24)13-32)26-33-17-34-28(36-26)35-21-3-5-22(6-4-21)37-10-11-42-23(14-37)15-39/h2-7,12,17-18,23,25,39-40H,8-11,14-16H2,1H3,(H,33,34,35,36)/t18?,23-,25?/m1/s1. The molecule has 0 spiro atoms. The average Bonchev–Trinajstić information content (AvgIpc) is 3.02. The molecular weight excluding hydrogens is 564 g/mol. The van der Waals surface area contributed by atoms with Crippen molar-refractivity contribution in [1.29, 1.82) is 5.26 Å². The van der Waals surface area contributed by atoms with Crippen LogP contribution in [0.15, 0.2) is 48.8 Å². The van der Waals surface area contributed by atoms with Crippen LogP contribution in [-0.4, -0.2) is 99.6 Å². The third-order valence-electron chi connectivity index (χ3n) is 7.23. The fourth-order valence-corrected chi connectivity index (χ4v) is 4.97. The SMILES string of the molecule is CC(O)C(=O)N1CCC(Oc2ccc(-c3ncnc(Nc4ccc(N5CCO[C@@H](CO)C5)cc4)n3)cc2C#N)C(F)(F)C1. The van der Waals surface area contributed by atoms with E-state index in [-0.39, 0.29) is 48.8 Å². The fourth-order valence-electron chi connectivity index (χ4n) is 4.97. The summed E-state index contributed by atoms with van der Waals surface area (Å²) in [7, 11) is 0. The van der Waals surface area contributed by atoms with Crippen molar-refractivity contribution in [3.05, 3.63) is 54.4 Å². The third-order valence-corrected chi connectivity index (χ3v) is 7.23. The van der Waals surface area contributed by atoms with E-state index < -0.39 is 30.6 Å². The maximum absolute atomic E-state index is 14.8. The summed E-state index contributed by atoms with van der Waals surface area (Å²) in [4.78, 5) is 27.8. The topological polar surface area (TPSA) is 157 Å². The van der Waals surface area contributed by atoms with Crippen molar-refractivity contribution in [1.82, 2.24) is 19.9 Å². The minimum atomic E-state index is -3.38. The summed E-state index contributed by atoms with van der Waals surface area (Å²) in [5.41, 5.74) is 2.20.